The number of rotatable bonds is 45. The van der Waals surface area contributed by atoms with E-state index in [1.165, 1.54) is 0 Å². The summed E-state index contributed by atoms with van der Waals surface area (Å²) in [5.74, 6) is -0.178. The van der Waals surface area contributed by atoms with Crippen molar-refractivity contribution in [3.05, 3.63) is 72.1 Å². The molecule has 31 heteroatoms. The number of primary amides is 1. The first-order valence-corrected chi connectivity index (χ1v) is 35.2. The summed E-state index contributed by atoms with van der Waals surface area (Å²) in [6.07, 6.45) is 11.1. The second-order valence-electron chi connectivity index (χ2n) is 26.8. The molecule has 2 heterocycles. The Balaban J connectivity index is 1.39. The quantitative estimate of drug-likeness (QED) is 0.0172. The molecule has 0 fully saturated rings. The van der Waals surface area contributed by atoms with Crippen LogP contribution in [-0.2, 0) is 17.6 Å². The Hall–Kier alpha value is -8.97. The minimum Gasteiger partial charge on any atom is -0.370 e. The van der Waals surface area contributed by atoms with E-state index >= 15 is 0 Å². The van der Waals surface area contributed by atoms with Crippen LogP contribution in [0.5, 0.6) is 0 Å². The van der Waals surface area contributed by atoms with E-state index in [-0.39, 0.29) is 106 Å². The summed E-state index contributed by atoms with van der Waals surface area (Å²) in [6.45, 7) is 17.5. The Labute approximate surface area is 583 Å². The lowest BCUT2D eigenvalue weighted by Gasteiger charge is -2.26. The molecule has 15 amide bonds. The van der Waals surface area contributed by atoms with Gasteiger partial charge in [-0.05, 0) is 132 Å². The SMILES string of the molecule is CC(C)NC(=O)N[C@@H](CNC(=O)N[C@@H](CCCCN)CNC(=O)N[C@H](CNC(=O)N[C@@H](CN=C(N)N[C@@H](CCCCN)CCC(=O)NC(CNC(=O)N[C@@H](CCCCN)CNC(=O)N[C@@H](CNC(N)=O)C(C)C)Cc1c[nH]c2ccccc12)C(C)C)Cc1c[nH]c2ccccc12)C(C)C. The molecule has 1 unspecified atom stereocenters. The summed E-state index contributed by atoms with van der Waals surface area (Å²) >= 11 is 0. The van der Waals surface area contributed by atoms with Crippen LogP contribution in [0.4, 0.5) is 33.6 Å². The topological polar surface area (TPSA) is 491 Å². The van der Waals surface area contributed by atoms with Gasteiger partial charge in [-0.1, -0.05) is 97.2 Å². The fraction of sp³-hybridized carbons (Fsp3) is 0.632. The first kappa shape index (κ1) is 82.5. The molecule has 0 radical (unpaired) electrons. The van der Waals surface area contributed by atoms with Crippen molar-refractivity contribution in [3.8, 4) is 0 Å². The number of guanidine groups is 1. The van der Waals surface area contributed by atoms with Gasteiger partial charge >= 0.3 is 42.2 Å². The number of benzene rings is 2. The van der Waals surface area contributed by atoms with Crippen LogP contribution in [0.3, 0.4) is 0 Å². The molecule has 0 aliphatic carbocycles. The van der Waals surface area contributed by atoms with Gasteiger partial charge in [0.05, 0.1) is 36.8 Å². The van der Waals surface area contributed by atoms with Gasteiger partial charge < -0.3 is 118 Å². The van der Waals surface area contributed by atoms with Gasteiger partial charge in [0.2, 0.25) is 5.91 Å². The van der Waals surface area contributed by atoms with Crippen LogP contribution in [0.25, 0.3) is 21.8 Å². The zero-order valence-corrected chi connectivity index (χ0v) is 59.6. The van der Waals surface area contributed by atoms with Crippen molar-refractivity contribution in [1.29, 1.82) is 0 Å². The van der Waals surface area contributed by atoms with E-state index in [0.717, 1.165) is 52.2 Å². The maximum atomic E-state index is 14.0. The third-order valence-electron chi connectivity index (χ3n) is 17.0. The summed E-state index contributed by atoms with van der Waals surface area (Å²) in [5, 5.41) is 46.2. The highest BCUT2D eigenvalue weighted by Crippen LogP contribution is 2.21. The largest absolute Gasteiger partial charge is 0.370 e. The molecule has 554 valence electrons. The van der Waals surface area contributed by atoms with E-state index in [4.69, 9.17) is 28.7 Å². The molecule has 31 nitrogen and oxygen atoms in total. The molecule has 0 saturated carbocycles. The molecule has 0 spiro atoms. The van der Waals surface area contributed by atoms with Gasteiger partial charge in [-0.2, -0.15) is 0 Å². The number of carbonyl (C=O) groups excluding carboxylic acids is 8. The lowest BCUT2D eigenvalue weighted by molar-refractivity contribution is -0.122. The molecule has 2 aromatic heterocycles. The van der Waals surface area contributed by atoms with E-state index in [1.54, 1.807) is 0 Å². The van der Waals surface area contributed by atoms with E-state index in [0.29, 0.717) is 77.4 Å². The van der Waals surface area contributed by atoms with E-state index < -0.39 is 72.4 Å². The molecule has 0 aliphatic heterocycles. The lowest BCUT2D eigenvalue weighted by Crippen LogP contribution is -2.55. The number of nitrogens with one attached hydrogen (secondary N) is 17. The average molecular weight is 1390 g/mol. The number of hydrogen-bond acceptors (Lipinski definition) is 12. The van der Waals surface area contributed by atoms with E-state index in [2.05, 4.69) is 94.7 Å². The molecular weight excluding hydrogens is 1270 g/mol. The van der Waals surface area contributed by atoms with Crippen LogP contribution in [0.1, 0.15) is 137 Å². The monoisotopic (exact) mass is 1390 g/mol. The standard InChI is InChI=1S/C68H119N23O8/c1-42(2)57(89-67(98)81-38-52(32-47-34-75-56-25-12-10-23-54(47)56)88-64(95)78-35-49(20-14-17-29-70)87-65(96)82-41-59(44(5)6)91-68(99)83-45(7)8)39-76-61(72)85-48(19-13-16-28-69)26-27-60(92)84-51(31-46-33-74-55-24-11-9-22-53(46)55)37-80-63(94)86-50(21-15-18-30-71)36-79-66(97)90-58(43(3)4)40-77-62(73)93/h9-12,22-25,33-34,42-45,48-52,57-59,74-75H,13-21,26-32,35-41,69-71H2,1-8H3,(H,84,92)(H3,72,76,85)(H3,73,77,93)(H2,78,88,95)(H2,79,90,97)(H2,80,86,94)(H2,81,89,98)(H2,82,87,96)(H2,83,91,99)/t48-,49-,50-,51?,52-,57-,58-,59-/m0/s1. The van der Waals surface area contributed by atoms with Crippen molar-refractivity contribution in [3.63, 3.8) is 0 Å². The third kappa shape index (κ3) is 33.4. The van der Waals surface area contributed by atoms with Gasteiger partial charge in [-0.3, -0.25) is 9.79 Å². The summed E-state index contributed by atoms with van der Waals surface area (Å²) in [7, 11) is 0. The fourth-order valence-corrected chi connectivity index (χ4v) is 11.1. The molecule has 0 saturated heterocycles. The molecule has 0 bridgehead atoms. The first-order valence-electron chi connectivity index (χ1n) is 35.2. The molecule has 27 N–H and O–H groups in total. The number of hydrogen-bond donors (Lipinski definition) is 22. The van der Waals surface area contributed by atoms with Crippen molar-refractivity contribution in [1.82, 2.24) is 89.7 Å². The Morgan fingerprint density at radius 3 is 1.23 bits per heavy atom. The smallest absolute Gasteiger partial charge is 0.315 e. The molecule has 2 aromatic carbocycles. The predicted molar refractivity (Wildman–Crippen MR) is 392 cm³/mol. The highest BCUT2D eigenvalue weighted by molar-refractivity contribution is 5.85. The van der Waals surface area contributed by atoms with Gasteiger partial charge in [-0.25, -0.2) is 33.6 Å². The molecular formula is C68H119N23O8. The zero-order chi connectivity index (χ0) is 72.7. The van der Waals surface area contributed by atoms with E-state index in [9.17, 15) is 38.4 Å². The second kappa shape index (κ2) is 45.6. The first-order chi connectivity index (χ1) is 47.4. The van der Waals surface area contributed by atoms with Crippen molar-refractivity contribution in [2.45, 2.75) is 193 Å². The van der Waals surface area contributed by atoms with Crippen LogP contribution in [0.2, 0.25) is 0 Å². The van der Waals surface area contributed by atoms with Gasteiger partial charge in [0.25, 0.3) is 0 Å². The number of para-hydroxylation sites is 2. The van der Waals surface area contributed by atoms with Gasteiger partial charge in [0, 0.05) is 104 Å². The van der Waals surface area contributed by atoms with Crippen LogP contribution in [0, 0.1) is 17.8 Å². The van der Waals surface area contributed by atoms with E-state index in [1.807, 2.05) is 116 Å². The van der Waals surface area contributed by atoms with Crippen LogP contribution in [0.15, 0.2) is 65.9 Å². The molecule has 4 aromatic rings. The van der Waals surface area contributed by atoms with Gasteiger partial charge in [0.15, 0.2) is 5.96 Å². The number of aliphatic imine (C=N–C) groups is 1. The van der Waals surface area contributed by atoms with Gasteiger partial charge in [-0.15, -0.1) is 0 Å². The van der Waals surface area contributed by atoms with Crippen molar-refractivity contribution < 1.29 is 38.4 Å². The number of fused-ring (bicyclic) bond motifs is 2. The Morgan fingerprint density at radius 1 is 0.404 bits per heavy atom. The second-order valence-corrected chi connectivity index (χ2v) is 26.8. The number of nitrogens with zero attached hydrogens (tertiary/aromatic N) is 1. The van der Waals surface area contributed by atoms with Crippen molar-refractivity contribution in [2.75, 3.05) is 65.4 Å². The maximum Gasteiger partial charge on any atom is 0.315 e. The fourth-order valence-electron chi connectivity index (χ4n) is 11.1. The molecule has 8 atom stereocenters. The zero-order valence-electron chi connectivity index (χ0n) is 59.6. The number of nitrogens with two attached hydrogens (primary N) is 5. The number of urea groups is 7. The summed E-state index contributed by atoms with van der Waals surface area (Å²) in [4.78, 5) is 117. The van der Waals surface area contributed by atoms with Crippen LogP contribution >= 0.6 is 0 Å². The Kier molecular flexibility index (Phi) is 38.0. The average Bonchev–Trinajstić information content (AvgIpc) is 1.73. The minimum absolute atomic E-state index is 0.0117. The highest BCUT2D eigenvalue weighted by atomic mass is 16.2. The lowest BCUT2D eigenvalue weighted by atomic mass is 10.0. The minimum atomic E-state index is -0.698. The number of aromatic nitrogens is 2. The normalized spacial score (nSPS) is 14.0. The Bertz CT molecular complexity index is 3100. The summed E-state index contributed by atoms with van der Waals surface area (Å²) in [5.41, 5.74) is 33.1. The number of aromatic amines is 2. The number of H-pyrrole nitrogens is 2. The number of carbonyl (C=O) groups is 8. The number of amides is 15. The predicted octanol–water partition coefficient (Wildman–Crippen LogP) is 3.41. The van der Waals surface area contributed by atoms with Crippen molar-refractivity contribution in [2.24, 2.45) is 51.4 Å². The van der Waals surface area contributed by atoms with Crippen molar-refractivity contribution >= 4 is 75.9 Å². The molecule has 0 aliphatic rings. The van der Waals surface area contributed by atoms with Crippen LogP contribution < -0.4 is 108 Å². The molecule has 4 rings (SSSR count). The number of unbranched alkanes of at least 4 members (excludes halogenated alkanes) is 3. The Morgan fingerprint density at radius 2 is 0.788 bits per heavy atom. The highest BCUT2D eigenvalue weighted by Gasteiger charge is 2.26. The van der Waals surface area contributed by atoms with Gasteiger partial charge in [0.1, 0.15) is 0 Å². The summed E-state index contributed by atoms with van der Waals surface area (Å²) in [6, 6.07) is 8.67. The summed E-state index contributed by atoms with van der Waals surface area (Å²) < 4.78 is 0. The molecule has 99 heavy (non-hydrogen) atoms. The van der Waals surface area contributed by atoms with Crippen LogP contribution in [-0.4, -0.2) is 184 Å². The maximum absolute atomic E-state index is 14.0. The third-order valence-corrected chi connectivity index (χ3v) is 17.0.